The van der Waals surface area contributed by atoms with E-state index in [9.17, 15) is 9.59 Å². The molecule has 0 saturated carbocycles. The molecule has 4 aromatic carbocycles. The molecule has 0 aliphatic rings. The van der Waals surface area contributed by atoms with Gasteiger partial charge in [0.1, 0.15) is 5.75 Å². The molecule has 0 aliphatic carbocycles. The van der Waals surface area contributed by atoms with Crippen molar-refractivity contribution in [3.05, 3.63) is 102 Å². The summed E-state index contributed by atoms with van der Waals surface area (Å²) in [6, 6.07) is 28.7. The van der Waals surface area contributed by atoms with E-state index in [4.69, 9.17) is 4.74 Å². The van der Waals surface area contributed by atoms with E-state index in [2.05, 4.69) is 12.2 Å². The van der Waals surface area contributed by atoms with Crippen LogP contribution in [0.4, 0.5) is 11.4 Å². The zero-order valence-corrected chi connectivity index (χ0v) is 19.5. The van der Waals surface area contributed by atoms with Crippen LogP contribution in [-0.2, 0) is 11.2 Å². The monoisotopic (exact) mass is 452 g/mol. The maximum atomic E-state index is 13.3. The number of hydrogen-bond acceptors (Lipinski definition) is 3. The summed E-state index contributed by atoms with van der Waals surface area (Å²) >= 11 is 0. The van der Waals surface area contributed by atoms with E-state index in [0.29, 0.717) is 23.5 Å². The first-order valence-corrected chi connectivity index (χ1v) is 11.5. The summed E-state index contributed by atoms with van der Waals surface area (Å²) in [5, 5.41) is 4.94. The fourth-order valence-corrected chi connectivity index (χ4v) is 3.92. The molecule has 0 fully saturated rings. The third-order valence-electron chi connectivity index (χ3n) is 5.71. The van der Waals surface area contributed by atoms with Crippen molar-refractivity contribution in [2.24, 2.45) is 0 Å². The van der Waals surface area contributed by atoms with Crippen molar-refractivity contribution in [2.75, 3.05) is 23.4 Å². The smallest absolute Gasteiger partial charge is 0.262 e. The van der Waals surface area contributed by atoms with E-state index in [0.717, 1.165) is 28.4 Å². The molecular formula is C29H28N2O3. The highest BCUT2D eigenvalue weighted by Crippen LogP contribution is 2.28. The lowest BCUT2D eigenvalue weighted by Gasteiger charge is -2.23. The van der Waals surface area contributed by atoms with Crippen LogP contribution in [0.3, 0.4) is 0 Å². The average Bonchev–Trinajstić information content (AvgIpc) is 2.88. The van der Waals surface area contributed by atoms with Gasteiger partial charge < -0.3 is 15.0 Å². The molecule has 1 N–H and O–H groups in total. The number of anilines is 2. The molecule has 172 valence electrons. The number of carbonyl (C=O) groups excluding carboxylic acids is 2. The van der Waals surface area contributed by atoms with Gasteiger partial charge in [-0.2, -0.15) is 0 Å². The van der Waals surface area contributed by atoms with Gasteiger partial charge in [0.25, 0.3) is 11.8 Å². The van der Waals surface area contributed by atoms with Gasteiger partial charge in [-0.05, 0) is 66.8 Å². The number of rotatable bonds is 8. The van der Waals surface area contributed by atoms with Crippen LogP contribution in [0.1, 0.15) is 29.8 Å². The lowest BCUT2D eigenvalue weighted by atomic mass is 10.1. The van der Waals surface area contributed by atoms with Crippen molar-refractivity contribution in [1.29, 1.82) is 0 Å². The number of carbonyl (C=O) groups is 2. The van der Waals surface area contributed by atoms with Gasteiger partial charge in [-0.25, -0.2) is 0 Å². The number of benzene rings is 4. The molecule has 0 aliphatic heterocycles. The van der Waals surface area contributed by atoms with Gasteiger partial charge in [0.05, 0.1) is 5.69 Å². The van der Waals surface area contributed by atoms with Crippen molar-refractivity contribution in [1.82, 2.24) is 0 Å². The summed E-state index contributed by atoms with van der Waals surface area (Å²) in [6.45, 7) is 4.49. The van der Waals surface area contributed by atoms with E-state index in [1.807, 2.05) is 73.7 Å². The van der Waals surface area contributed by atoms with Crippen LogP contribution in [0, 0.1) is 0 Å². The number of aryl methyl sites for hydroxylation is 1. The average molecular weight is 453 g/mol. The van der Waals surface area contributed by atoms with Gasteiger partial charge >= 0.3 is 0 Å². The van der Waals surface area contributed by atoms with Crippen molar-refractivity contribution in [3.8, 4) is 5.75 Å². The molecule has 0 bridgehead atoms. The molecule has 0 atom stereocenters. The Morgan fingerprint density at radius 3 is 2.35 bits per heavy atom. The van der Waals surface area contributed by atoms with Crippen LogP contribution in [-0.4, -0.2) is 25.0 Å². The van der Waals surface area contributed by atoms with Crippen LogP contribution < -0.4 is 15.0 Å². The highest BCUT2D eigenvalue weighted by Gasteiger charge is 2.18. The molecule has 2 amide bonds. The minimum absolute atomic E-state index is 0.0848. The van der Waals surface area contributed by atoms with Gasteiger partial charge in [-0.1, -0.05) is 55.5 Å². The third kappa shape index (κ3) is 5.26. The molecule has 4 aromatic rings. The van der Waals surface area contributed by atoms with Crippen molar-refractivity contribution >= 4 is 34.0 Å². The Bertz CT molecular complexity index is 1290. The normalized spacial score (nSPS) is 10.6. The van der Waals surface area contributed by atoms with Gasteiger partial charge in [0.15, 0.2) is 6.61 Å². The molecule has 0 unspecified atom stereocenters. The third-order valence-corrected chi connectivity index (χ3v) is 5.71. The summed E-state index contributed by atoms with van der Waals surface area (Å²) in [7, 11) is 0. The Balaban J connectivity index is 1.42. The first kappa shape index (κ1) is 23.1. The molecule has 5 heteroatoms. The second-order valence-electron chi connectivity index (χ2n) is 7.96. The van der Waals surface area contributed by atoms with Crippen LogP contribution in [0.2, 0.25) is 0 Å². The van der Waals surface area contributed by atoms with Crippen LogP contribution in [0.25, 0.3) is 10.8 Å². The van der Waals surface area contributed by atoms with E-state index < -0.39 is 0 Å². The summed E-state index contributed by atoms with van der Waals surface area (Å²) < 4.78 is 5.60. The molecular weight excluding hydrogens is 424 g/mol. The zero-order valence-electron chi connectivity index (χ0n) is 19.5. The summed E-state index contributed by atoms with van der Waals surface area (Å²) in [4.78, 5) is 27.4. The van der Waals surface area contributed by atoms with Gasteiger partial charge in [0.2, 0.25) is 0 Å². The highest BCUT2D eigenvalue weighted by atomic mass is 16.5. The second-order valence-corrected chi connectivity index (χ2v) is 7.96. The standard InChI is InChI=1S/C29H28N2O3/c1-3-21-9-7-12-25(19-21)34-20-28(32)30-24-17-15-23(16-18-24)29(33)31(4-2)27-14-8-11-22-10-5-6-13-26(22)27/h5-19H,3-4,20H2,1-2H3,(H,30,32). The highest BCUT2D eigenvalue weighted by molar-refractivity contribution is 6.11. The predicted octanol–water partition coefficient (Wildman–Crippen LogP) is 6.09. The van der Waals surface area contributed by atoms with E-state index in [-0.39, 0.29) is 18.4 Å². The molecule has 34 heavy (non-hydrogen) atoms. The molecule has 0 spiro atoms. The Hall–Kier alpha value is -4.12. The Morgan fingerprint density at radius 1 is 0.853 bits per heavy atom. The van der Waals surface area contributed by atoms with Gasteiger partial charge in [-0.15, -0.1) is 0 Å². The van der Waals surface area contributed by atoms with Crippen molar-refractivity contribution in [2.45, 2.75) is 20.3 Å². The maximum Gasteiger partial charge on any atom is 0.262 e. The Kier molecular flexibility index (Phi) is 7.23. The van der Waals surface area contributed by atoms with E-state index >= 15 is 0 Å². The maximum absolute atomic E-state index is 13.3. The largest absolute Gasteiger partial charge is 0.484 e. The fraction of sp³-hybridized carbons (Fsp3) is 0.172. The van der Waals surface area contributed by atoms with Crippen molar-refractivity contribution < 1.29 is 14.3 Å². The lowest BCUT2D eigenvalue weighted by Crippen LogP contribution is -2.30. The van der Waals surface area contributed by atoms with Crippen molar-refractivity contribution in [3.63, 3.8) is 0 Å². The summed E-state index contributed by atoms with van der Waals surface area (Å²) in [5.74, 6) is 0.325. The first-order chi connectivity index (χ1) is 16.6. The zero-order chi connectivity index (χ0) is 23.9. The summed E-state index contributed by atoms with van der Waals surface area (Å²) in [5.41, 5.74) is 3.20. The Morgan fingerprint density at radius 2 is 1.59 bits per heavy atom. The quantitative estimate of drug-likeness (QED) is 0.352. The van der Waals surface area contributed by atoms with E-state index in [1.165, 1.54) is 0 Å². The molecule has 0 heterocycles. The number of nitrogens with zero attached hydrogens (tertiary/aromatic N) is 1. The summed E-state index contributed by atoms with van der Waals surface area (Å²) in [6.07, 6.45) is 0.907. The lowest BCUT2D eigenvalue weighted by molar-refractivity contribution is -0.118. The SMILES string of the molecule is CCc1cccc(OCC(=O)Nc2ccc(C(=O)N(CC)c3cccc4ccccc34)cc2)c1. The number of ether oxygens (including phenoxy) is 1. The predicted molar refractivity (Wildman–Crippen MR) is 138 cm³/mol. The second kappa shape index (κ2) is 10.7. The molecule has 5 nitrogen and oxygen atoms in total. The van der Waals surface area contributed by atoms with Crippen LogP contribution in [0.5, 0.6) is 5.75 Å². The Labute approximate surface area is 200 Å². The fourth-order valence-electron chi connectivity index (χ4n) is 3.92. The van der Waals surface area contributed by atoms with Crippen LogP contribution >= 0.6 is 0 Å². The number of fused-ring (bicyclic) bond motifs is 1. The number of amides is 2. The number of hydrogen-bond donors (Lipinski definition) is 1. The molecule has 0 aromatic heterocycles. The molecule has 4 rings (SSSR count). The molecule has 0 radical (unpaired) electrons. The van der Waals surface area contributed by atoms with E-state index in [1.54, 1.807) is 29.2 Å². The first-order valence-electron chi connectivity index (χ1n) is 11.5. The molecule has 0 saturated heterocycles. The van der Waals surface area contributed by atoms with Gasteiger partial charge in [0, 0.05) is 23.2 Å². The van der Waals surface area contributed by atoms with Crippen LogP contribution in [0.15, 0.2) is 91.0 Å². The minimum atomic E-state index is -0.257. The topological polar surface area (TPSA) is 58.6 Å². The minimum Gasteiger partial charge on any atom is -0.484 e. The number of nitrogens with one attached hydrogen (secondary N) is 1. The van der Waals surface area contributed by atoms with Gasteiger partial charge in [-0.3, -0.25) is 9.59 Å².